The Morgan fingerprint density at radius 2 is 2.07 bits per heavy atom. The van der Waals surface area contributed by atoms with Crippen LogP contribution in [0.3, 0.4) is 0 Å². The van der Waals surface area contributed by atoms with Crippen molar-refractivity contribution in [2.75, 3.05) is 23.7 Å². The molecular weight excluding hydrogens is 399 g/mol. The lowest BCUT2D eigenvalue weighted by atomic mass is 10.2. The molecule has 6 nitrogen and oxygen atoms in total. The highest BCUT2D eigenvalue weighted by atomic mass is 32.1. The lowest BCUT2D eigenvalue weighted by molar-refractivity contribution is 0.623. The van der Waals surface area contributed by atoms with E-state index >= 15 is 0 Å². The predicted octanol–water partition coefficient (Wildman–Crippen LogP) is 4.72. The molecule has 1 aliphatic rings. The number of hydrogen-bond donors (Lipinski definition) is 3. The number of fused-ring (bicyclic) bond motifs is 1. The summed E-state index contributed by atoms with van der Waals surface area (Å²) in [5, 5.41) is 12.4. The summed E-state index contributed by atoms with van der Waals surface area (Å²) in [4.78, 5) is 13.3. The summed E-state index contributed by atoms with van der Waals surface area (Å²) in [6.45, 7) is 3.91. The molecule has 1 saturated heterocycles. The van der Waals surface area contributed by atoms with Gasteiger partial charge in [0.25, 0.3) is 0 Å². The largest absolute Gasteiger partial charge is 0.365 e. The van der Waals surface area contributed by atoms with Crippen molar-refractivity contribution >= 4 is 38.7 Å². The highest BCUT2D eigenvalue weighted by molar-refractivity contribution is 7.18. The van der Waals surface area contributed by atoms with Gasteiger partial charge >= 0.3 is 0 Å². The monoisotopic (exact) mass is 420 g/mol. The maximum atomic E-state index is 14.5. The molecule has 8 heteroatoms. The molecule has 0 spiro atoms. The minimum atomic E-state index is -0.436. The van der Waals surface area contributed by atoms with Gasteiger partial charge in [-0.2, -0.15) is 0 Å². The second-order valence-corrected chi connectivity index (χ2v) is 8.23. The zero-order chi connectivity index (χ0) is 20.5. The van der Waals surface area contributed by atoms with Crippen LogP contribution in [0, 0.1) is 12.7 Å². The number of nitrogens with zero attached hydrogens (tertiary/aromatic N) is 3. The van der Waals surface area contributed by atoms with Gasteiger partial charge in [-0.05, 0) is 37.6 Å². The first kappa shape index (κ1) is 18.9. The van der Waals surface area contributed by atoms with Crippen LogP contribution in [0.2, 0.25) is 0 Å². The normalized spacial score (nSPS) is 16.1. The van der Waals surface area contributed by atoms with Gasteiger partial charge in [0.1, 0.15) is 11.3 Å². The van der Waals surface area contributed by atoms with E-state index in [0.29, 0.717) is 11.4 Å². The van der Waals surface area contributed by atoms with Crippen molar-refractivity contribution in [1.29, 1.82) is 0 Å². The number of rotatable bonds is 5. The van der Waals surface area contributed by atoms with E-state index in [1.165, 1.54) is 6.20 Å². The van der Waals surface area contributed by atoms with Crippen LogP contribution in [0.5, 0.6) is 0 Å². The van der Waals surface area contributed by atoms with E-state index in [9.17, 15) is 4.39 Å². The summed E-state index contributed by atoms with van der Waals surface area (Å²) in [5.41, 5.74) is 4.16. The standard InChI is InChI=1S/C22H21FN6S/c1-13-4-2-3-5-17(13)27-18-12-30-20-19(18)28-21(15-7-9-25-11-16(15)23)29-22(20)26-14-6-8-24-10-14/h2-5,7,9,11-12,14,24,27H,6,8,10H2,1H3,(H,26,28,29)/t14-/m1/s1. The molecule has 5 rings (SSSR count). The smallest absolute Gasteiger partial charge is 0.165 e. The second kappa shape index (κ2) is 7.97. The maximum Gasteiger partial charge on any atom is 0.165 e. The Labute approximate surface area is 177 Å². The Balaban J connectivity index is 1.63. The van der Waals surface area contributed by atoms with Gasteiger partial charge in [-0.3, -0.25) is 4.98 Å². The minimum absolute atomic E-state index is 0.285. The van der Waals surface area contributed by atoms with E-state index in [2.05, 4.69) is 33.9 Å². The number of para-hydroxylation sites is 1. The van der Waals surface area contributed by atoms with Gasteiger partial charge in [0.05, 0.1) is 22.1 Å². The molecule has 1 atom stereocenters. The Morgan fingerprint density at radius 3 is 2.87 bits per heavy atom. The van der Waals surface area contributed by atoms with Crippen LogP contribution in [0.1, 0.15) is 12.0 Å². The number of pyridine rings is 1. The average Bonchev–Trinajstić information content (AvgIpc) is 3.40. The molecule has 4 heterocycles. The Morgan fingerprint density at radius 1 is 1.17 bits per heavy atom. The average molecular weight is 421 g/mol. The van der Waals surface area contributed by atoms with Crippen LogP contribution in [0.4, 0.5) is 21.6 Å². The molecule has 0 saturated carbocycles. The molecule has 30 heavy (non-hydrogen) atoms. The van der Waals surface area contributed by atoms with Crippen molar-refractivity contribution in [1.82, 2.24) is 20.3 Å². The second-order valence-electron chi connectivity index (χ2n) is 7.35. The lowest BCUT2D eigenvalue weighted by Crippen LogP contribution is -2.23. The minimum Gasteiger partial charge on any atom is -0.365 e. The molecule has 3 aromatic heterocycles. The zero-order valence-corrected chi connectivity index (χ0v) is 17.3. The molecule has 0 radical (unpaired) electrons. The first-order chi connectivity index (χ1) is 14.7. The third-order valence-electron chi connectivity index (χ3n) is 5.24. The van der Waals surface area contributed by atoms with Crippen molar-refractivity contribution in [2.24, 2.45) is 0 Å². The van der Waals surface area contributed by atoms with Gasteiger partial charge in [-0.1, -0.05) is 18.2 Å². The Kier molecular flexibility index (Phi) is 5.02. The first-order valence-corrected chi connectivity index (χ1v) is 10.8. The van der Waals surface area contributed by atoms with E-state index in [0.717, 1.165) is 52.5 Å². The van der Waals surface area contributed by atoms with Crippen molar-refractivity contribution < 1.29 is 4.39 Å². The molecule has 1 aliphatic heterocycles. The van der Waals surface area contributed by atoms with Crippen molar-refractivity contribution in [2.45, 2.75) is 19.4 Å². The molecule has 0 bridgehead atoms. The quantitative estimate of drug-likeness (QED) is 0.434. The van der Waals surface area contributed by atoms with Gasteiger partial charge in [0.2, 0.25) is 0 Å². The molecule has 3 N–H and O–H groups in total. The SMILES string of the molecule is Cc1ccccc1Nc1csc2c(N[C@@H]3CCNC3)nc(-c3ccncc3F)nc12. The van der Waals surface area contributed by atoms with E-state index in [4.69, 9.17) is 9.97 Å². The number of aryl methyl sites for hydroxylation is 1. The highest BCUT2D eigenvalue weighted by Crippen LogP contribution is 2.37. The summed E-state index contributed by atoms with van der Waals surface area (Å²) in [6, 6.07) is 10.00. The van der Waals surface area contributed by atoms with Crippen LogP contribution < -0.4 is 16.0 Å². The molecule has 0 unspecified atom stereocenters. The third kappa shape index (κ3) is 3.59. The topological polar surface area (TPSA) is 74.8 Å². The molecule has 4 aromatic rings. The van der Waals surface area contributed by atoms with Crippen LogP contribution in [0.25, 0.3) is 21.6 Å². The van der Waals surface area contributed by atoms with Gasteiger partial charge in [-0.15, -0.1) is 11.3 Å². The van der Waals surface area contributed by atoms with E-state index in [1.807, 2.05) is 23.6 Å². The van der Waals surface area contributed by atoms with Crippen molar-refractivity contribution in [3.05, 3.63) is 59.5 Å². The van der Waals surface area contributed by atoms with E-state index in [1.54, 1.807) is 23.6 Å². The number of thiophene rings is 1. The van der Waals surface area contributed by atoms with Crippen LogP contribution in [-0.4, -0.2) is 34.1 Å². The Bertz CT molecular complexity index is 1200. The maximum absolute atomic E-state index is 14.5. The van der Waals surface area contributed by atoms with Crippen molar-refractivity contribution in [3.8, 4) is 11.4 Å². The Hall–Kier alpha value is -3.10. The molecule has 1 aromatic carbocycles. The fraction of sp³-hybridized carbons (Fsp3) is 0.227. The number of nitrogens with one attached hydrogen (secondary N) is 3. The number of aromatic nitrogens is 3. The van der Waals surface area contributed by atoms with Crippen molar-refractivity contribution in [3.63, 3.8) is 0 Å². The fourth-order valence-electron chi connectivity index (χ4n) is 3.61. The van der Waals surface area contributed by atoms with Crippen LogP contribution >= 0.6 is 11.3 Å². The van der Waals surface area contributed by atoms with Gasteiger partial charge in [0.15, 0.2) is 11.6 Å². The summed E-state index contributed by atoms with van der Waals surface area (Å²) >= 11 is 1.58. The number of halogens is 1. The number of anilines is 3. The molecular formula is C22H21FN6S. The van der Waals surface area contributed by atoms with Crippen LogP contribution in [0.15, 0.2) is 48.1 Å². The molecule has 152 valence electrons. The molecule has 1 fully saturated rings. The van der Waals surface area contributed by atoms with E-state index < -0.39 is 5.82 Å². The molecule has 0 amide bonds. The van der Waals surface area contributed by atoms with Gasteiger partial charge in [0, 0.05) is 29.9 Å². The first-order valence-electron chi connectivity index (χ1n) is 9.88. The van der Waals surface area contributed by atoms with E-state index in [-0.39, 0.29) is 6.04 Å². The summed E-state index contributed by atoms with van der Waals surface area (Å²) in [6.07, 6.45) is 3.77. The van der Waals surface area contributed by atoms with Crippen LogP contribution in [-0.2, 0) is 0 Å². The third-order valence-corrected chi connectivity index (χ3v) is 6.22. The van der Waals surface area contributed by atoms with Gasteiger partial charge in [-0.25, -0.2) is 14.4 Å². The molecule has 0 aliphatic carbocycles. The fourth-order valence-corrected chi connectivity index (χ4v) is 4.50. The number of hydrogen-bond acceptors (Lipinski definition) is 7. The predicted molar refractivity (Wildman–Crippen MR) is 120 cm³/mol. The van der Waals surface area contributed by atoms with Gasteiger partial charge < -0.3 is 16.0 Å². The highest BCUT2D eigenvalue weighted by Gasteiger charge is 2.21. The lowest BCUT2D eigenvalue weighted by Gasteiger charge is -2.14. The zero-order valence-electron chi connectivity index (χ0n) is 16.4. The summed E-state index contributed by atoms with van der Waals surface area (Å²) < 4.78 is 15.4. The number of benzene rings is 1. The summed E-state index contributed by atoms with van der Waals surface area (Å²) in [7, 11) is 0. The summed E-state index contributed by atoms with van der Waals surface area (Å²) in [5.74, 6) is 0.652.